The summed E-state index contributed by atoms with van der Waals surface area (Å²) < 4.78 is 11.7. The summed E-state index contributed by atoms with van der Waals surface area (Å²) in [6.45, 7) is 1.94. The summed E-state index contributed by atoms with van der Waals surface area (Å²) in [7, 11) is 0. The van der Waals surface area contributed by atoms with Crippen LogP contribution in [-0.4, -0.2) is 31.9 Å². The molecule has 1 amide bonds. The molecular formula is C16H19NO3S. The fourth-order valence-corrected chi connectivity index (χ4v) is 3.53. The summed E-state index contributed by atoms with van der Waals surface area (Å²) in [6.07, 6.45) is 5.32. The molecule has 0 aromatic heterocycles. The van der Waals surface area contributed by atoms with Crippen molar-refractivity contribution in [2.45, 2.75) is 29.9 Å². The van der Waals surface area contributed by atoms with E-state index < -0.39 is 5.79 Å². The van der Waals surface area contributed by atoms with Crippen molar-refractivity contribution in [2.24, 2.45) is 5.92 Å². The first-order valence-electron chi connectivity index (χ1n) is 7.53. The van der Waals surface area contributed by atoms with Crippen LogP contribution >= 0.6 is 11.8 Å². The van der Waals surface area contributed by atoms with Crippen LogP contribution in [0.25, 0.3) is 0 Å². The molecule has 0 atom stereocenters. The van der Waals surface area contributed by atoms with Gasteiger partial charge in [0.05, 0.1) is 18.9 Å². The van der Waals surface area contributed by atoms with Crippen molar-refractivity contribution in [3.05, 3.63) is 23.8 Å². The minimum Gasteiger partial charge on any atom is -0.338 e. The van der Waals surface area contributed by atoms with E-state index in [-0.39, 0.29) is 5.91 Å². The minimum absolute atomic E-state index is 0.0395. The average Bonchev–Trinajstić information content (AvgIpc) is 3.33. The number of amides is 1. The Bertz CT molecular complexity index is 579. The summed E-state index contributed by atoms with van der Waals surface area (Å²) in [5.74, 6) is -0.586. The lowest BCUT2D eigenvalue weighted by Crippen LogP contribution is -2.47. The molecule has 1 aromatic rings. The smallest absolute Gasteiger partial charge is 0.292 e. The van der Waals surface area contributed by atoms with E-state index in [1.807, 2.05) is 17.2 Å². The summed E-state index contributed by atoms with van der Waals surface area (Å²) in [5.41, 5.74) is 1.85. The summed E-state index contributed by atoms with van der Waals surface area (Å²) >= 11 is 1.67. The molecule has 1 spiro atoms. The van der Waals surface area contributed by atoms with E-state index in [1.54, 1.807) is 11.8 Å². The average molecular weight is 305 g/mol. The van der Waals surface area contributed by atoms with Crippen LogP contribution in [0.4, 0.5) is 5.69 Å². The molecule has 2 heterocycles. The number of carbonyl (C=O) groups excluding carboxylic acids is 1. The van der Waals surface area contributed by atoms with E-state index in [4.69, 9.17) is 9.47 Å². The molecule has 1 aliphatic carbocycles. The van der Waals surface area contributed by atoms with Gasteiger partial charge in [0.2, 0.25) is 0 Å². The van der Waals surface area contributed by atoms with Crippen molar-refractivity contribution >= 4 is 23.4 Å². The Balaban J connectivity index is 1.79. The second kappa shape index (κ2) is 5.00. The molecule has 0 radical (unpaired) electrons. The van der Waals surface area contributed by atoms with Crippen LogP contribution in [-0.2, 0) is 20.1 Å². The van der Waals surface area contributed by atoms with Crippen molar-refractivity contribution in [1.82, 2.24) is 0 Å². The molecule has 1 saturated heterocycles. The zero-order valence-electron chi connectivity index (χ0n) is 12.1. The third-order valence-corrected chi connectivity index (χ3v) is 5.14. The maximum absolute atomic E-state index is 13.0. The van der Waals surface area contributed by atoms with E-state index >= 15 is 0 Å². The van der Waals surface area contributed by atoms with Gasteiger partial charge in [-0.05, 0) is 49.6 Å². The number of rotatable bonds is 3. The molecule has 0 bridgehead atoms. The molecule has 0 N–H and O–H groups in total. The number of nitrogens with zero attached hydrogens (tertiary/aromatic N) is 1. The number of hydrogen-bond donors (Lipinski definition) is 0. The second-order valence-electron chi connectivity index (χ2n) is 5.91. The monoisotopic (exact) mass is 305 g/mol. The third-order valence-electron chi connectivity index (χ3n) is 4.41. The molecule has 112 valence electrons. The first kappa shape index (κ1) is 13.6. The number of ether oxygens (including phenoxy) is 2. The van der Waals surface area contributed by atoms with E-state index in [9.17, 15) is 4.79 Å². The molecule has 0 unspecified atom stereocenters. The first-order chi connectivity index (χ1) is 10.2. The summed E-state index contributed by atoms with van der Waals surface area (Å²) in [4.78, 5) is 16.0. The van der Waals surface area contributed by atoms with E-state index in [0.29, 0.717) is 19.1 Å². The molecule has 2 fully saturated rings. The predicted molar refractivity (Wildman–Crippen MR) is 81.5 cm³/mol. The van der Waals surface area contributed by atoms with Crippen LogP contribution < -0.4 is 4.90 Å². The third kappa shape index (κ3) is 2.10. The van der Waals surface area contributed by atoms with Gasteiger partial charge >= 0.3 is 0 Å². The van der Waals surface area contributed by atoms with Gasteiger partial charge in [0.1, 0.15) is 0 Å². The fourth-order valence-electron chi connectivity index (χ4n) is 3.09. The molecule has 3 aliphatic rings. The maximum atomic E-state index is 13.0. The highest BCUT2D eigenvalue weighted by Gasteiger charge is 2.55. The van der Waals surface area contributed by atoms with Gasteiger partial charge in [-0.25, -0.2) is 0 Å². The van der Waals surface area contributed by atoms with Crippen LogP contribution in [0, 0.1) is 5.92 Å². The number of thioether (sulfide) groups is 1. The number of carbonyl (C=O) groups is 1. The van der Waals surface area contributed by atoms with Crippen LogP contribution in [0.1, 0.15) is 24.8 Å². The Labute approximate surface area is 128 Å². The Morgan fingerprint density at radius 3 is 2.76 bits per heavy atom. The van der Waals surface area contributed by atoms with Gasteiger partial charge in [-0.1, -0.05) is 0 Å². The van der Waals surface area contributed by atoms with E-state index in [0.717, 1.165) is 29.1 Å². The van der Waals surface area contributed by atoms with Crippen molar-refractivity contribution in [1.29, 1.82) is 0 Å². The van der Waals surface area contributed by atoms with Crippen molar-refractivity contribution in [3.63, 3.8) is 0 Å². The molecule has 4 nitrogen and oxygen atoms in total. The number of fused-ring (bicyclic) bond motifs is 2. The fraction of sp³-hybridized carbons (Fsp3) is 0.562. The molecule has 2 aliphatic heterocycles. The Hall–Kier alpha value is -1.04. The van der Waals surface area contributed by atoms with Gasteiger partial charge in [0, 0.05) is 17.0 Å². The normalized spacial score (nSPS) is 23.7. The topological polar surface area (TPSA) is 38.8 Å². The largest absolute Gasteiger partial charge is 0.338 e. The van der Waals surface area contributed by atoms with Gasteiger partial charge in [0.25, 0.3) is 11.7 Å². The highest BCUT2D eigenvalue weighted by molar-refractivity contribution is 7.98. The quantitative estimate of drug-likeness (QED) is 0.805. The zero-order chi connectivity index (χ0) is 14.4. The lowest BCUT2D eigenvalue weighted by atomic mass is 10.1. The lowest BCUT2D eigenvalue weighted by molar-refractivity contribution is -0.256. The highest BCUT2D eigenvalue weighted by Crippen LogP contribution is 2.47. The van der Waals surface area contributed by atoms with Gasteiger partial charge in [-0.3, -0.25) is 4.79 Å². The SMILES string of the molecule is CSc1ccc2c(c1)C1(OCCCO1)C(=O)N2CC1CC1. The number of hydrogen-bond acceptors (Lipinski definition) is 4. The highest BCUT2D eigenvalue weighted by atomic mass is 32.2. The molecule has 21 heavy (non-hydrogen) atoms. The van der Waals surface area contributed by atoms with Gasteiger partial charge in [-0.2, -0.15) is 0 Å². The lowest BCUT2D eigenvalue weighted by Gasteiger charge is -2.32. The summed E-state index contributed by atoms with van der Waals surface area (Å²) in [5, 5.41) is 0. The molecule has 5 heteroatoms. The number of benzene rings is 1. The Kier molecular flexibility index (Phi) is 3.24. The van der Waals surface area contributed by atoms with Crippen LogP contribution in [0.5, 0.6) is 0 Å². The van der Waals surface area contributed by atoms with Gasteiger partial charge in [0.15, 0.2) is 0 Å². The summed E-state index contributed by atoms with van der Waals surface area (Å²) in [6, 6.07) is 6.16. The van der Waals surface area contributed by atoms with Crippen molar-refractivity contribution < 1.29 is 14.3 Å². The Morgan fingerprint density at radius 1 is 1.33 bits per heavy atom. The van der Waals surface area contributed by atoms with Crippen LogP contribution in [0.15, 0.2) is 23.1 Å². The van der Waals surface area contributed by atoms with Crippen LogP contribution in [0.2, 0.25) is 0 Å². The van der Waals surface area contributed by atoms with Gasteiger partial charge < -0.3 is 14.4 Å². The molecule has 1 aromatic carbocycles. The van der Waals surface area contributed by atoms with E-state index in [1.165, 1.54) is 12.8 Å². The van der Waals surface area contributed by atoms with Gasteiger partial charge in [-0.15, -0.1) is 11.8 Å². The zero-order valence-corrected chi connectivity index (χ0v) is 12.9. The number of anilines is 1. The minimum atomic E-state index is -1.19. The van der Waals surface area contributed by atoms with Crippen molar-refractivity contribution in [2.75, 3.05) is 30.9 Å². The molecular weight excluding hydrogens is 286 g/mol. The maximum Gasteiger partial charge on any atom is 0.292 e. The molecule has 1 saturated carbocycles. The predicted octanol–water partition coefficient (Wildman–Crippen LogP) is 2.75. The van der Waals surface area contributed by atoms with E-state index in [2.05, 4.69) is 12.1 Å². The van der Waals surface area contributed by atoms with Crippen LogP contribution in [0.3, 0.4) is 0 Å². The second-order valence-corrected chi connectivity index (χ2v) is 6.79. The first-order valence-corrected chi connectivity index (χ1v) is 8.75. The molecule has 4 rings (SSSR count). The Morgan fingerprint density at radius 2 is 2.10 bits per heavy atom. The standard InChI is InChI=1S/C16H19NO3S/c1-21-12-5-6-14-13(9-12)16(19-7-2-8-20-16)15(18)17(14)10-11-3-4-11/h5-6,9,11H,2-4,7-8,10H2,1H3. The van der Waals surface area contributed by atoms with Crippen molar-refractivity contribution in [3.8, 4) is 0 Å².